The van der Waals surface area contributed by atoms with Crippen LogP contribution in [0.3, 0.4) is 0 Å². The van der Waals surface area contributed by atoms with Gasteiger partial charge in [-0.1, -0.05) is 48.5 Å². The second-order valence-corrected chi connectivity index (χ2v) is 4.93. The molecule has 0 aliphatic rings. The zero-order valence-corrected chi connectivity index (χ0v) is 11.9. The van der Waals surface area contributed by atoms with Crippen LogP contribution in [0.15, 0.2) is 60.7 Å². The van der Waals surface area contributed by atoms with E-state index >= 15 is 0 Å². The van der Waals surface area contributed by atoms with Crippen molar-refractivity contribution in [3.05, 3.63) is 66.2 Å². The Labute approximate surface area is 120 Å². The van der Waals surface area contributed by atoms with Gasteiger partial charge in [0, 0.05) is 18.8 Å². The first-order valence-corrected chi connectivity index (χ1v) is 6.80. The molecule has 0 saturated heterocycles. The van der Waals surface area contributed by atoms with Gasteiger partial charge in [0.05, 0.1) is 0 Å². The Morgan fingerprint density at radius 3 is 2.20 bits per heavy atom. The second-order valence-electron chi connectivity index (χ2n) is 4.93. The number of carbonyl (C=O) groups is 1. The fraction of sp³-hybridized carbons (Fsp3) is 0.235. The minimum atomic E-state index is -0.0837. The van der Waals surface area contributed by atoms with Gasteiger partial charge in [-0.2, -0.15) is 0 Å². The standard InChI is InChI=1S/C17H20N2O/c1-14(13-15-9-5-3-6-10-15)18-17(20)19(2)16-11-7-4-8-12-16/h3-12,14H,13H2,1-2H3,(H,18,20). The number of hydrogen-bond acceptors (Lipinski definition) is 1. The average molecular weight is 268 g/mol. The van der Waals surface area contributed by atoms with Gasteiger partial charge in [-0.25, -0.2) is 4.79 Å². The van der Waals surface area contributed by atoms with Gasteiger partial charge in [-0.3, -0.25) is 4.90 Å². The Morgan fingerprint density at radius 2 is 1.60 bits per heavy atom. The van der Waals surface area contributed by atoms with Gasteiger partial charge in [0.25, 0.3) is 0 Å². The number of amides is 2. The molecule has 2 amide bonds. The van der Waals surface area contributed by atoms with Crippen LogP contribution in [0.1, 0.15) is 12.5 Å². The topological polar surface area (TPSA) is 32.3 Å². The van der Waals surface area contributed by atoms with E-state index in [1.165, 1.54) is 5.56 Å². The third kappa shape index (κ3) is 3.85. The summed E-state index contributed by atoms with van der Waals surface area (Å²) < 4.78 is 0. The van der Waals surface area contributed by atoms with E-state index in [1.807, 2.05) is 55.5 Å². The number of nitrogens with zero attached hydrogens (tertiary/aromatic N) is 1. The zero-order chi connectivity index (χ0) is 14.4. The molecule has 0 aliphatic heterocycles. The molecule has 0 spiro atoms. The van der Waals surface area contributed by atoms with Crippen molar-refractivity contribution < 1.29 is 4.79 Å². The van der Waals surface area contributed by atoms with Crippen LogP contribution < -0.4 is 10.2 Å². The van der Waals surface area contributed by atoms with Gasteiger partial charge in [0.2, 0.25) is 0 Å². The second kappa shape index (κ2) is 6.75. The van der Waals surface area contributed by atoms with E-state index in [2.05, 4.69) is 17.4 Å². The third-order valence-corrected chi connectivity index (χ3v) is 3.20. The van der Waals surface area contributed by atoms with E-state index < -0.39 is 0 Å². The Balaban J connectivity index is 1.91. The number of urea groups is 1. The van der Waals surface area contributed by atoms with Crippen molar-refractivity contribution in [1.29, 1.82) is 0 Å². The smallest absolute Gasteiger partial charge is 0.321 e. The quantitative estimate of drug-likeness (QED) is 0.905. The minimum absolute atomic E-state index is 0.0837. The number of hydrogen-bond donors (Lipinski definition) is 1. The van der Waals surface area contributed by atoms with Gasteiger partial charge in [-0.05, 0) is 31.0 Å². The fourth-order valence-corrected chi connectivity index (χ4v) is 2.10. The molecule has 0 aliphatic carbocycles. The summed E-state index contributed by atoms with van der Waals surface area (Å²) in [7, 11) is 1.78. The first-order chi connectivity index (χ1) is 9.66. The van der Waals surface area contributed by atoms with Gasteiger partial charge in [0.1, 0.15) is 0 Å². The molecule has 3 nitrogen and oxygen atoms in total. The molecule has 104 valence electrons. The largest absolute Gasteiger partial charge is 0.335 e. The predicted octanol–water partition coefficient (Wildman–Crippen LogP) is 3.46. The van der Waals surface area contributed by atoms with Crippen LogP contribution in [0.5, 0.6) is 0 Å². The molecule has 20 heavy (non-hydrogen) atoms. The molecular weight excluding hydrogens is 248 g/mol. The lowest BCUT2D eigenvalue weighted by Gasteiger charge is -2.21. The highest BCUT2D eigenvalue weighted by Gasteiger charge is 2.13. The molecular formula is C17H20N2O. The van der Waals surface area contributed by atoms with Crippen LogP contribution in [0.25, 0.3) is 0 Å². The minimum Gasteiger partial charge on any atom is -0.335 e. The van der Waals surface area contributed by atoms with Gasteiger partial charge in [-0.15, -0.1) is 0 Å². The lowest BCUT2D eigenvalue weighted by atomic mass is 10.1. The molecule has 3 heteroatoms. The number of nitrogens with one attached hydrogen (secondary N) is 1. The molecule has 0 fully saturated rings. The van der Waals surface area contributed by atoms with Crippen molar-refractivity contribution in [1.82, 2.24) is 5.32 Å². The molecule has 1 unspecified atom stereocenters. The van der Waals surface area contributed by atoms with Crippen molar-refractivity contribution in [3.63, 3.8) is 0 Å². The maximum atomic E-state index is 12.2. The maximum absolute atomic E-state index is 12.2. The van der Waals surface area contributed by atoms with Gasteiger partial charge < -0.3 is 5.32 Å². The molecule has 0 bridgehead atoms. The van der Waals surface area contributed by atoms with E-state index in [1.54, 1.807) is 11.9 Å². The summed E-state index contributed by atoms with van der Waals surface area (Å²) >= 11 is 0. The van der Waals surface area contributed by atoms with E-state index in [-0.39, 0.29) is 12.1 Å². The zero-order valence-electron chi connectivity index (χ0n) is 11.9. The first-order valence-electron chi connectivity index (χ1n) is 6.80. The number of rotatable bonds is 4. The van der Waals surface area contributed by atoms with Crippen molar-refractivity contribution in [3.8, 4) is 0 Å². The van der Waals surface area contributed by atoms with Crippen molar-refractivity contribution in [2.24, 2.45) is 0 Å². The SMILES string of the molecule is CC(Cc1ccccc1)NC(=O)N(C)c1ccccc1. The van der Waals surface area contributed by atoms with Crippen LogP contribution in [0.4, 0.5) is 10.5 Å². The summed E-state index contributed by atoms with van der Waals surface area (Å²) in [4.78, 5) is 13.8. The number of carbonyl (C=O) groups excluding carboxylic acids is 1. The molecule has 1 atom stereocenters. The Kier molecular flexibility index (Phi) is 4.77. The van der Waals surface area contributed by atoms with Crippen LogP contribution in [-0.4, -0.2) is 19.1 Å². The van der Waals surface area contributed by atoms with Gasteiger partial charge >= 0.3 is 6.03 Å². The van der Waals surface area contributed by atoms with Crippen LogP contribution in [0.2, 0.25) is 0 Å². The lowest BCUT2D eigenvalue weighted by Crippen LogP contribution is -2.42. The highest BCUT2D eigenvalue weighted by atomic mass is 16.2. The molecule has 0 heterocycles. The fourth-order valence-electron chi connectivity index (χ4n) is 2.10. The monoisotopic (exact) mass is 268 g/mol. The molecule has 0 saturated carbocycles. The van der Waals surface area contributed by atoms with Crippen molar-refractivity contribution >= 4 is 11.7 Å². The summed E-state index contributed by atoms with van der Waals surface area (Å²) in [5, 5.41) is 3.01. The summed E-state index contributed by atoms with van der Waals surface area (Å²) in [6, 6.07) is 19.8. The third-order valence-electron chi connectivity index (χ3n) is 3.20. The number of para-hydroxylation sites is 1. The van der Waals surface area contributed by atoms with E-state index in [0.717, 1.165) is 12.1 Å². The summed E-state index contributed by atoms with van der Waals surface area (Å²) in [5.74, 6) is 0. The summed E-state index contributed by atoms with van der Waals surface area (Å²) in [6.07, 6.45) is 0.829. The normalized spacial score (nSPS) is 11.7. The Bertz CT molecular complexity index is 539. The van der Waals surface area contributed by atoms with Crippen molar-refractivity contribution in [2.75, 3.05) is 11.9 Å². The van der Waals surface area contributed by atoms with E-state index in [9.17, 15) is 4.79 Å². The van der Waals surface area contributed by atoms with E-state index in [0.29, 0.717) is 0 Å². The molecule has 2 rings (SSSR count). The van der Waals surface area contributed by atoms with Crippen LogP contribution in [-0.2, 0) is 6.42 Å². The van der Waals surface area contributed by atoms with E-state index in [4.69, 9.17) is 0 Å². The molecule has 2 aromatic carbocycles. The van der Waals surface area contributed by atoms with Gasteiger partial charge in [0.15, 0.2) is 0 Å². The molecule has 1 N–H and O–H groups in total. The lowest BCUT2D eigenvalue weighted by molar-refractivity contribution is 0.244. The highest BCUT2D eigenvalue weighted by molar-refractivity contribution is 5.91. The highest BCUT2D eigenvalue weighted by Crippen LogP contribution is 2.11. The molecule has 0 radical (unpaired) electrons. The maximum Gasteiger partial charge on any atom is 0.321 e. The summed E-state index contributed by atoms with van der Waals surface area (Å²) in [5.41, 5.74) is 2.11. The van der Waals surface area contributed by atoms with Crippen molar-refractivity contribution in [2.45, 2.75) is 19.4 Å². The Morgan fingerprint density at radius 1 is 1.05 bits per heavy atom. The number of benzene rings is 2. The predicted molar refractivity (Wildman–Crippen MR) is 83.0 cm³/mol. The average Bonchev–Trinajstić information content (AvgIpc) is 2.48. The molecule has 0 aromatic heterocycles. The van der Waals surface area contributed by atoms with Crippen LogP contribution >= 0.6 is 0 Å². The van der Waals surface area contributed by atoms with Crippen LogP contribution in [0, 0.1) is 0 Å². The Hall–Kier alpha value is -2.29. The summed E-state index contributed by atoms with van der Waals surface area (Å²) in [6.45, 7) is 2.02. The number of anilines is 1. The molecule has 2 aromatic rings. The first kappa shape index (κ1) is 14.1.